The van der Waals surface area contributed by atoms with Crippen molar-refractivity contribution in [2.45, 2.75) is 13.8 Å². The zero-order valence-electron chi connectivity index (χ0n) is 10.4. The van der Waals surface area contributed by atoms with E-state index in [-0.39, 0.29) is 0 Å². The summed E-state index contributed by atoms with van der Waals surface area (Å²) in [6, 6.07) is 5.73. The van der Waals surface area contributed by atoms with Gasteiger partial charge in [-0.05, 0) is 48.6 Å². The van der Waals surface area contributed by atoms with Crippen molar-refractivity contribution in [2.24, 2.45) is 0 Å². The summed E-state index contributed by atoms with van der Waals surface area (Å²) in [5, 5.41) is 4.02. The molecule has 3 rings (SSSR count). The minimum Gasteiger partial charge on any atom is -0.227 e. The predicted molar refractivity (Wildman–Crippen MR) is 82.3 cm³/mol. The first-order valence-corrected chi connectivity index (χ1v) is 7.38. The Morgan fingerprint density at radius 1 is 1.05 bits per heavy atom. The molecular formula is C14H10Cl2N2S. The number of aryl methyl sites for hydroxylation is 2. The first-order valence-electron chi connectivity index (χ1n) is 5.74. The average Bonchev–Trinajstić information content (AvgIpc) is 2.80. The fourth-order valence-electron chi connectivity index (χ4n) is 1.97. The number of benzene rings is 1. The van der Waals surface area contributed by atoms with Gasteiger partial charge in [0, 0.05) is 10.4 Å². The lowest BCUT2D eigenvalue weighted by atomic mass is 10.1. The van der Waals surface area contributed by atoms with Crippen LogP contribution in [0.15, 0.2) is 23.6 Å². The van der Waals surface area contributed by atoms with Crippen LogP contribution in [0.5, 0.6) is 0 Å². The van der Waals surface area contributed by atoms with Crippen molar-refractivity contribution in [3.63, 3.8) is 0 Å². The van der Waals surface area contributed by atoms with Crippen LogP contribution in [0.2, 0.25) is 10.2 Å². The van der Waals surface area contributed by atoms with Crippen LogP contribution in [0.1, 0.15) is 11.1 Å². The van der Waals surface area contributed by atoms with Gasteiger partial charge in [0.25, 0.3) is 0 Å². The number of hydrogen-bond acceptors (Lipinski definition) is 3. The summed E-state index contributed by atoms with van der Waals surface area (Å²) in [6.07, 6.45) is 0. The molecule has 2 aromatic heterocycles. The average molecular weight is 309 g/mol. The second-order valence-corrected chi connectivity index (χ2v) is 6.02. The molecule has 0 N–H and O–H groups in total. The van der Waals surface area contributed by atoms with Gasteiger partial charge >= 0.3 is 0 Å². The maximum absolute atomic E-state index is 6.27. The maximum Gasteiger partial charge on any atom is 0.171 e. The van der Waals surface area contributed by atoms with Crippen LogP contribution >= 0.6 is 34.5 Å². The highest BCUT2D eigenvalue weighted by molar-refractivity contribution is 7.13. The molecule has 0 spiro atoms. The van der Waals surface area contributed by atoms with Crippen molar-refractivity contribution < 1.29 is 0 Å². The minimum atomic E-state index is 0.465. The van der Waals surface area contributed by atoms with Crippen LogP contribution in [0.4, 0.5) is 0 Å². The number of fused-ring (bicyclic) bond motifs is 1. The van der Waals surface area contributed by atoms with E-state index >= 15 is 0 Å². The number of aromatic nitrogens is 2. The Labute approximate surface area is 125 Å². The first-order chi connectivity index (χ1) is 9.08. The number of rotatable bonds is 1. The molecule has 5 heteroatoms. The summed E-state index contributed by atoms with van der Waals surface area (Å²) in [7, 11) is 0. The van der Waals surface area contributed by atoms with Gasteiger partial charge in [0.2, 0.25) is 0 Å². The first kappa shape index (κ1) is 12.9. The summed E-state index contributed by atoms with van der Waals surface area (Å²) in [5.74, 6) is 0.662. The maximum atomic E-state index is 6.27. The summed E-state index contributed by atoms with van der Waals surface area (Å²) in [4.78, 5) is 10.1. The van der Waals surface area contributed by atoms with Crippen molar-refractivity contribution in [2.75, 3.05) is 0 Å². The molecule has 0 aliphatic carbocycles. The van der Waals surface area contributed by atoms with Gasteiger partial charge < -0.3 is 0 Å². The smallest absolute Gasteiger partial charge is 0.171 e. The van der Waals surface area contributed by atoms with E-state index in [1.165, 1.54) is 0 Å². The van der Waals surface area contributed by atoms with Gasteiger partial charge in [-0.15, -0.1) is 11.3 Å². The van der Waals surface area contributed by atoms with Gasteiger partial charge in [0.1, 0.15) is 5.15 Å². The Morgan fingerprint density at radius 3 is 2.53 bits per heavy atom. The van der Waals surface area contributed by atoms with E-state index in [0.29, 0.717) is 16.0 Å². The van der Waals surface area contributed by atoms with Gasteiger partial charge in [-0.2, -0.15) is 0 Å². The molecule has 2 heterocycles. The normalized spacial score (nSPS) is 11.2. The summed E-state index contributed by atoms with van der Waals surface area (Å²) >= 11 is 14.0. The Kier molecular flexibility index (Phi) is 3.21. The van der Waals surface area contributed by atoms with Crippen LogP contribution in [0.3, 0.4) is 0 Å². The molecule has 0 unspecified atom stereocenters. The van der Waals surface area contributed by atoms with Gasteiger partial charge in [-0.1, -0.05) is 23.2 Å². The highest BCUT2D eigenvalue weighted by Crippen LogP contribution is 2.32. The van der Waals surface area contributed by atoms with Crippen LogP contribution in [-0.4, -0.2) is 9.97 Å². The second-order valence-electron chi connectivity index (χ2n) is 4.34. The van der Waals surface area contributed by atoms with Gasteiger partial charge in [-0.3, -0.25) is 0 Å². The molecule has 0 saturated carbocycles. The highest BCUT2D eigenvalue weighted by Gasteiger charge is 2.13. The molecule has 0 amide bonds. The topological polar surface area (TPSA) is 25.8 Å². The molecule has 19 heavy (non-hydrogen) atoms. The van der Waals surface area contributed by atoms with Crippen LogP contribution in [0, 0.1) is 13.8 Å². The van der Waals surface area contributed by atoms with Crippen LogP contribution in [-0.2, 0) is 0 Å². The predicted octanol–water partition coefficient (Wildman–Crippen LogP) is 5.28. The molecule has 3 aromatic rings. The Bertz CT molecular complexity index is 780. The van der Waals surface area contributed by atoms with E-state index in [1.54, 1.807) is 11.3 Å². The number of nitrogens with zero attached hydrogens (tertiary/aromatic N) is 2. The van der Waals surface area contributed by atoms with E-state index in [0.717, 1.165) is 26.9 Å². The van der Waals surface area contributed by atoms with Crippen molar-refractivity contribution in [1.82, 2.24) is 9.97 Å². The lowest BCUT2D eigenvalue weighted by Gasteiger charge is -2.07. The molecule has 0 bridgehead atoms. The number of halogens is 2. The quantitative estimate of drug-likeness (QED) is 0.571. The molecule has 96 valence electrons. The third-order valence-electron chi connectivity index (χ3n) is 3.07. The molecule has 0 aliphatic rings. The molecule has 0 atom stereocenters. The molecule has 2 nitrogen and oxygen atoms in total. The lowest BCUT2D eigenvalue weighted by Crippen LogP contribution is -1.93. The van der Waals surface area contributed by atoms with Crippen molar-refractivity contribution in [1.29, 1.82) is 0 Å². The molecule has 0 aliphatic heterocycles. The van der Waals surface area contributed by atoms with Gasteiger partial charge in [-0.25, -0.2) is 9.97 Å². The van der Waals surface area contributed by atoms with Crippen molar-refractivity contribution in [3.05, 3.63) is 44.9 Å². The van der Waals surface area contributed by atoms with Crippen molar-refractivity contribution >= 4 is 45.4 Å². The summed E-state index contributed by atoms with van der Waals surface area (Å²) in [5.41, 5.74) is 2.90. The van der Waals surface area contributed by atoms with E-state index in [4.69, 9.17) is 23.2 Å². The largest absolute Gasteiger partial charge is 0.227 e. The molecular weight excluding hydrogens is 299 g/mol. The minimum absolute atomic E-state index is 0.465. The zero-order valence-corrected chi connectivity index (χ0v) is 12.7. The third kappa shape index (κ3) is 2.12. The van der Waals surface area contributed by atoms with E-state index < -0.39 is 0 Å². The number of hydrogen-bond donors (Lipinski definition) is 0. The second kappa shape index (κ2) is 4.75. The molecule has 0 radical (unpaired) electrons. The van der Waals surface area contributed by atoms with Gasteiger partial charge in [0.15, 0.2) is 5.82 Å². The Morgan fingerprint density at radius 2 is 1.84 bits per heavy atom. The Balaban J connectivity index is 2.35. The van der Waals surface area contributed by atoms with E-state index in [9.17, 15) is 0 Å². The summed E-state index contributed by atoms with van der Waals surface area (Å²) in [6.45, 7) is 3.98. The highest BCUT2D eigenvalue weighted by atomic mass is 35.5. The van der Waals surface area contributed by atoms with E-state index in [1.807, 2.05) is 37.4 Å². The zero-order chi connectivity index (χ0) is 13.6. The molecule has 1 aromatic carbocycles. The third-order valence-corrected chi connectivity index (χ3v) is 4.78. The monoisotopic (exact) mass is 308 g/mol. The molecule has 0 fully saturated rings. The lowest BCUT2D eigenvalue weighted by molar-refractivity contribution is 1.22. The summed E-state index contributed by atoms with van der Waals surface area (Å²) < 4.78 is 0. The Hall–Kier alpha value is -1.16. The molecule has 0 saturated heterocycles. The fraction of sp³-hybridized carbons (Fsp3) is 0.143. The van der Waals surface area contributed by atoms with Crippen LogP contribution < -0.4 is 0 Å². The van der Waals surface area contributed by atoms with E-state index in [2.05, 4.69) is 9.97 Å². The standard InChI is InChI=1S/C14H10Cl2N2S/c1-7-5-6-19-12(7)14-17-11-8(2)10(15)4-3-9(11)13(16)18-14/h3-6H,1-2H3. The van der Waals surface area contributed by atoms with Crippen molar-refractivity contribution in [3.8, 4) is 10.7 Å². The fourth-order valence-corrected chi connectivity index (χ4v) is 3.22. The number of thiophene rings is 1. The SMILES string of the molecule is Cc1ccsc1-c1nc(Cl)c2ccc(Cl)c(C)c2n1. The van der Waals surface area contributed by atoms with Crippen LogP contribution in [0.25, 0.3) is 21.6 Å². The van der Waals surface area contributed by atoms with Gasteiger partial charge in [0.05, 0.1) is 10.4 Å².